The molecule has 0 bridgehead atoms. The summed E-state index contributed by atoms with van der Waals surface area (Å²) in [6.45, 7) is 1.34. The van der Waals surface area contributed by atoms with Crippen molar-refractivity contribution in [3.63, 3.8) is 0 Å². The maximum absolute atomic E-state index is 9.46. The molecule has 0 fully saturated rings. The number of β-amino-alcohol motifs (C(OH)–C–C–N with tert-alkyl or cyclic N) is 1. The van der Waals surface area contributed by atoms with Crippen LogP contribution in [0.15, 0.2) is 10.7 Å². The third-order valence-electron chi connectivity index (χ3n) is 2.15. The molecule has 0 saturated heterocycles. The third-order valence-corrected chi connectivity index (χ3v) is 2.69. The molecular weight excluding hydrogens is 248 g/mol. The molecule has 0 saturated carbocycles. The highest BCUT2D eigenvalue weighted by molar-refractivity contribution is 9.10. The third kappa shape index (κ3) is 1.73. The minimum atomic E-state index is -0.430. The summed E-state index contributed by atoms with van der Waals surface area (Å²) in [6, 6.07) is 0. The van der Waals surface area contributed by atoms with Gasteiger partial charge in [-0.1, -0.05) is 5.21 Å². The molecule has 1 unspecified atom stereocenters. The van der Waals surface area contributed by atoms with Crippen molar-refractivity contribution >= 4 is 21.5 Å². The molecule has 1 aliphatic heterocycles. The number of hydrogen-bond donors (Lipinski definition) is 2. The fraction of sp³-hybridized carbons (Fsp3) is 0.500. The first kappa shape index (κ1) is 9.82. The Morgan fingerprint density at radius 1 is 1.71 bits per heavy atom. The van der Waals surface area contributed by atoms with Gasteiger partial charge < -0.3 is 10.4 Å². The summed E-state index contributed by atoms with van der Waals surface area (Å²) < 4.78 is 2.40. The Morgan fingerprint density at radius 2 is 2.50 bits per heavy atom. The zero-order valence-electron chi connectivity index (χ0n) is 7.74. The summed E-state index contributed by atoms with van der Waals surface area (Å²) in [5.74, 6) is 0. The lowest BCUT2D eigenvalue weighted by molar-refractivity contribution is 0.217. The number of nitrogens with one attached hydrogen (secondary N) is 1. The van der Waals surface area contributed by atoms with Gasteiger partial charge in [0.15, 0.2) is 4.60 Å². The lowest BCUT2D eigenvalue weighted by atomic mass is 10.1. The first-order valence-corrected chi connectivity index (χ1v) is 5.13. The summed E-state index contributed by atoms with van der Waals surface area (Å²) >= 11 is 3.33. The van der Waals surface area contributed by atoms with Gasteiger partial charge in [0, 0.05) is 20.1 Å². The maximum atomic E-state index is 9.46. The fourth-order valence-electron chi connectivity index (χ4n) is 1.54. The Balaban J connectivity index is 2.39. The highest BCUT2D eigenvalue weighted by Gasteiger charge is 2.17. The number of rotatable bonds is 1. The molecule has 5 nitrogen and oxygen atoms in total. The first-order valence-electron chi connectivity index (χ1n) is 4.33. The Bertz CT molecular complexity index is 354. The molecule has 0 aliphatic carbocycles. The maximum Gasteiger partial charge on any atom is 0.156 e. The van der Waals surface area contributed by atoms with Crippen LogP contribution in [0.3, 0.4) is 0 Å². The number of nitrogens with zero attached hydrogens (tertiary/aromatic N) is 3. The molecule has 76 valence electrons. The van der Waals surface area contributed by atoms with E-state index in [4.69, 9.17) is 0 Å². The van der Waals surface area contributed by atoms with Crippen LogP contribution in [0.5, 0.6) is 0 Å². The van der Waals surface area contributed by atoms with E-state index in [9.17, 15) is 5.11 Å². The van der Waals surface area contributed by atoms with Crippen LogP contribution in [0.1, 0.15) is 5.69 Å². The van der Waals surface area contributed by atoms with Crippen molar-refractivity contribution in [3.05, 3.63) is 16.4 Å². The van der Waals surface area contributed by atoms with Gasteiger partial charge in [-0.15, -0.1) is 5.10 Å². The van der Waals surface area contributed by atoms with Crippen LogP contribution >= 0.6 is 15.9 Å². The van der Waals surface area contributed by atoms with Crippen LogP contribution in [-0.2, 0) is 7.05 Å². The van der Waals surface area contributed by atoms with Crippen molar-refractivity contribution in [2.45, 2.75) is 6.10 Å². The second-order valence-corrected chi connectivity index (χ2v) is 3.99. The summed E-state index contributed by atoms with van der Waals surface area (Å²) in [5, 5.41) is 20.4. The van der Waals surface area contributed by atoms with E-state index >= 15 is 0 Å². The van der Waals surface area contributed by atoms with Crippen LogP contribution in [0.25, 0.3) is 5.57 Å². The second-order valence-electron chi connectivity index (χ2n) is 3.24. The molecule has 2 N–H and O–H groups in total. The minimum Gasteiger partial charge on any atom is -0.388 e. The molecule has 0 radical (unpaired) electrons. The second kappa shape index (κ2) is 3.80. The number of aliphatic hydroxyl groups is 1. The molecule has 1 aromatic rings. The molecule has 0 amide bonds. The normalized spacial score (nSPS) is 22.2. The Labute approximate surface area is 89.9 Å². The summed E-state index contributed by atoms with van der Waals surface area (Å²) in [6.07, 6.45) is 1.40. The van der Waals surface area contributed by atoms with Gasteiger partial charge in [0.05, 0.1) is 11.8 Å². The van der Waals surface area contributed by atoms with E-state index in [2.05, 4.69) is 31.6 Å². The zero-order valence-corrected chi connectivity index (χ0v) is 9.32. The van der Waals surface area contributed by atoms with E-state index < -0.39 is 6.10 Å². The minimum absolute atomic E-state index is 0.430. The van der Waals surface area contributed by atoms with Crippen LogP contribution in [-0.4, -0.2) is 39.3 Å². The van der Waals surface area contributed by atoms with E-state index in [-0.39, 0.29) is 0 Å². The molecular formula is C8H11BrN4O. The molecule has 2 heterocycles. The number of aromatic nitrogens is 3. The number of halogens is 1. The molecule has 0 aromatic carbocycles. The van der Waals surface area contributed by atoms with Crippen LogP contribution < -0.4 is 5.32 Å². The summed E-state index contributed by atoms with van der Waals surface area (Å²) in [7, 11) is 1.83. The quantitative estimate of drug-likeness (QED) is 0.740. The molecule has 1 atom stereocenters. The molecule has 14 heavy (non-hydrogen) atoms. The van der Waals surface area contributed by atoms with Gasteiger partial charge >= 0.3 is 0 Å². The van der Waals surface area contributed by atoms with Crippen LogP contribution in [0.4, 0.5) is 0 Å². The average molecular weight is 259 g/mol. The van der Waals surface area contributed by atoms with Gasteiger partial charge in [0.2, 0.25) is 0 Å². The monoisotopic (exact) mass is 258 g/mol. The molecule has 0 spiro atoms. The van der Waals surface area contributed by atoms with Crippen molar-refractivity contribution in [1.82, 2.24) is 20.3 Å². The van der Waals surface area contributed by atoms with Crippen molar-refractivity contribution < 1.29 is 5.11 Å². The Hall–Kier alpha value is -0.720. The smallest absolute Gasteiger partial charge is 0.156 e. The molecule has 6 heteroatoms. The van der Waals surface area contributed by atoms with E-state index in [0.717, 1.165) is 17.8 Å². The largest absolute Gasteiger partial charge is 0.388 e. The topological polar surface area (TPSA) is 63.0 Å². The summed E-state index contributed by atoms with van der Waals surface area (Å²) in [5.41, 5.74) is 1.93. The molecule has 1 aromatic heterocycles. The van der Waals surface area contributed by atoms with Crippen LogP contribution in [0.2, 0.25) is 0 Å². The first-order chi connectivity index (χ1) is 6.68. The zero-order chi connectivity index (χ0) is 10.1. The van der Waals surface area contributed by atoms with Gasteiger partial charge in [-0.2, -0.15) is 0 Å². The van der Waals surface area contributed by atoms with Crippen molar-refractivity contribution in [2.24, 2.45) is 7.05 Å². The van der Waals surface area contributed by atoms with Crippen molar-refractivity contribution in [3.8, 4) is 0 Å². The van der Waals surface area contributed by atoms with Gasteiger partial charge in [-0.05, 0) is 27.6 Å². The summed E-state index contributed by atoms with van der Waals surface area (Å²) in [4.78, 5) is 0. The van der Waals surface area contributed by atoms with Gasteiger partial charge in [0.1, 0.15) is 0 Å². The number of aryl methyl sites for hydroxylation is 1. The standard InChI is InChI=1S/C8H11BrN4O/c1-13-7(8(9)11-12-13)5-2-6(14)4-10-3-5/h2,6,10,14H,3-4H2,1H3. The van der Waals surface area contributed by atoms with Gasteiger partial charge in [0.25, 0.3) is 0 Å². The number of aliphatic hydroxyl groups excluding tert-OH is 1. The van der Waals surface area contributed by atoms with Crippen LogP contribution in [0, 0.1) is 0 Å². The Kier molecular flexibility index (Phi) is 2.66. The lowest BCUT2D eigenvalue weighted by Gasteiger charge is -2.18. The highest BCUT2D eigenvalue weighted by atomic mass is 79.9. The predicted octanol–water partition coefficient (Wildman–Crippen LogP) is -0.0749. The van der Waals surface area contributed by atoms with E-state index in [1.807, 2.05) is 13.1 Å². The fourth-order valence-corrected chi connectivity index (χ4v) is 2.12. The lowest BCUT2D eigenvalue weighted by Crippen LogP contribution is -2.32. The van der Waals surface area contributed by atoms with Gasteiger partial charge in [-0.25, -0.2) is 4.68 Å². The van der Waals surface area contributed by atoms with E-state index in [0.29, 0.717) is 11.1 Å². The molecule has 1 aliphatic rings. The predicted molar refractivity (Wildman–Crippen MR) is 55.6 cm³/mol. The SMILES string of the molecule is Cn1nnc(Br)c1C1=CC(O)CNC1. The number of hydrogen-bond acceptors (Lipinski definition) is 4. The Morgan fingerprint density at radius 3 is 3.07 bits per heavy atom. The van der Waals surface area contributed by atoms with Crippen molar-refractivity contribution in [2.75, 3.05) is 13.1 Å². The molecule has 2 rings (SSSR count). The highest BCUT2D eigenvalue weighted by Crippen LogP contribution is 2.22. The average Bonchev–Trinajstić information content (AvgIpc) is 2.46. The van der Waals surface area contributed by atoms with Crippen molar-refractivity contribution in [1.29, 1.82) is 0 Å². The van der Waals surface area contributed by atoms with Gasteiger partial charge in [-0.3, -0.25) is 0 Å². The van der Waals surface area contributed by atoms with E-state index in [1.54, 1.807) is 4.68 Å². The van der Waals surface area contributed by atoms with E-state index in [1.165, 1.54) is 0 Å².